The maximum Gasteiger partial charge on any atom is 0.249 e. The molecule has 0 aliphatic carbocycles. The van der Waals surface area contributed by atoms with Crippen LogP contribution in [0.1, 0.15) is 168 Å². The second kappa shape index (κ2) is 32.8. The average Bonchev–Trinajstić information content (AvgIpc) is 3.16. The third-order valence-electron chi connectivity index (χ3n) is 10.2. The van der Waals surface area contributed by atoms with Crippen molar-refractivity contribution in [3.05, 3.63) is 24.3 Å². The molecule has 0 aromatic rings. The molecule has 0 aromatic heterocycles. The number of aliphatic hydroxyl groups excluding tert-OH is 7. The van der Waals surface area contributed by atoms with E-state index in [0.717, 1.165) is 38.5 Å². The van der Waals surface area contributed by atoms with Gasteiger partial charge in [-0.2, -0.15) is 0 Å². The first kappa shape index (κ1) is 49.6. The van der Waals surface area contributed by atoms with E-state index in [4.69, 9.17) is 9.47 Å². The van der Waals surface area contributed by atoms with Crippen LogP contribution in [0.25, 0.3) is 0 Å². The number of rotatable bonds is 34. The minimum absolute atomic E-state index is 0.247. The monoisotopic (exact) mass is 758 g/mol. The number of hydrogen-bond donors (Lipinski definition) is 8. The number of carbonyl (C=O) groups excluding carboxylic acids is 1. The van der Waals surface area contributed by atoms with Crippen LogP contribution in [0.3, 0.4) is 0 Å². The van der Waals surface area contributed by atoms with Crippen LogP contribution >= 0.6 is 0 Å². The predicted octanol–water partition coefficient (Wildman–Crippen LogP) is 5.89. The van der Waals surface area contributed by atoms with Gasteiger partial charge in [0.2, 0.25) is 5.91 Å². The number of carbonyl (C=O) groups is 1. The molecule has 0 aromatic carbocycles. The molecule has 9 atom stereocenters. The molecule has 9 unspecified atom stereocenters. The summed E-state index contributed by atoms with van der Waals surface area (Å²) >= 11 is 0. The molecule has 8 N–H and O–H groups in total. The molecule has 312 valence electrons. The Morgan fingerprint density at radius 1 is 0.642 bits per heavy atom. The van der Waals surface area contributed by atoms with Crippen LogP contribution in [0, 0.1) is 0 Å². The zero-order chi connectivity index (χ0) is 39.1. The van der Waals surface area contributed by atoms with Gasteiger partial charge in [0.15, 0.2) is 6.29 Å². The number of aliphatic hydroxyl groups is 7. The van der Waals surface area contributed by atoms with Crippen molar-refractivity contribution in [2.24, 2.45) is 0 Å². The fourth-order valence-corrected chi connectivity index (χ4v) is 6.63. The quantitative estimate of drug-likeness (QED) is 0.0291. The first-order chi connectivity index (χ1) is 25.7. The molecule has 1 aliphatic rings. The molecule has 0 spiro atoms. The van der Waals surface area contributed by atoms with Gasteiger partial charge in [-0.3, -0.25) is 4.79 Å². The van der Waals surface area contributed by atoms with Gasteiger partial charge in [0.1, 0.15) is 36.6 Å². The van der Waals surface area contributed by atoms with Gasteiger partial charge in [-0.1, -0.05) is 141 Å². The number of nitrogens with one attached hydrogen (secondary N) is 1. The molecule has 0 saturated carbocycles. The third-order valence-corrected chi connectivity index (χ3v) is 10.2. The Hall–Kier alpha value is -1.41. The first-order valence-electron chi connectivity index (χ1n) is 21.2. The van der Waals surface area contributed by atoms with Gasteiger partial charge in [0, 0.05) is 0 Å². The van der Waals surface area contributed by atoms with Crippen LogP contribution < -0.4 is 5.32 Å². The average molecular weight is 758 g/mol. The summed E-state index contributed by atoms with van der Waals surface area (Å²) in [6, 6.07) is -1.18. The zero-order valence-electron chi connectivity index (χ0n) is 33.2. The van der Waals surface area contributed by atoms with Crippen LogP contribution in [-0.2, 0) is 14.3 Å². The Bertz CT molecular complexity index is 918. The van der Waals surface area contributed by atoms with Crippen molar-refractivity contribution in [2.45, 2.75) is 223 Å². The second-order valence-corrected chi connectivity index (χ2v) is 15.1. The highest BCUT2D eigenvalue weighted by molar-refractivity contribution is 5.80. The van der Waals surface area contributed by atoms with Gasteiger partial charge in [-0.25, -0.2) is 0 Å². The molecule has 1 rings (SSSR count). The van der Waals surface area contributed by atoms with Crippen molar-refractivity contribution < 1.29 is 50.0 Å². The lowest BCUT2D eigenvalue weighted by Crippen LogP contribution is -2.60. The summed E-state index contributed by atoms with van der Waals surface area (Å²) in [5.41, 5.74) is 0. The maximum absolute atomic E-state index is 13.0. The van der Waals surface area contributed by atoms with Crippen molar-refractivity contribution in [1.29, 1.82) is 0 Å². The van der Waals surface area contributed by atoms with Crippen LogP contribution in [0.15, 0.2) is 24.3 Å². The topological polar surface area (TPSA) is 189 Å². The van der Waals surface area contributed by atoms with Crippen LogP contribution in [0.4, 0.5) is 0 Å². The normalized spacial score (nSPS) is 23.1. The summed E-state index contributed by atoms with van der Waals surface area (Å²) in [6.07, 6.45) is 22.3. The minimum Gasteiger partial charge on any atom is -0.394 e. The van der Waals surface area contributed by atoms with Crippen molar-refractivity contribution in [1.82, 2.24) is 5.32 Å². The summed E-state index contributed by atoms with van der Waals surface area (Å²) in [5, 5.41) is 75.3. The van der Waals surface area contributed by atoms with Crippen molar-refractivity contribution >= 4 is 5.91 Å². The Morgan fingerprint density at radius 3 is 1.68 bits per heavy atom. The summed E-state index contributed by atoms with van der Waals surface area (Å²) in [4.78, 5) is 13.0. The standard InChI is InChI=1S/C42H79NO10/c1-3-5-7-9-11-13-15-16-17-18-20-21-23-25-27-29-34(45)37(47)33(32-52-42-40(50)39(49)38(48)36(31-44)53-42)43-41(51)35(46)30-28-26-24-22-19-14-12-10-8-6-4-2/h16-17,21,23,33-40,42,44-50H,3-15,18-20,22,24-32H2,1-2H3,(H,43,51)/b17-16+,23-21+. The first-order valence-corrected chi connectivity index (χ1v) is 21.2. The van der Waals surface area contributed by atoms with E-state index in [9.17, 15) is 40.5 Å². The number of amides is 1. The second-order valence-electron chi connectivity index (χ2n) is 15.1. The van der Waals surface area contributed by atoms with Gasteiger partial charge < -0.3 is 50.5 Å². The fourth-order valence-electron chi connectivity index (χ4n) is 6.63. The van der Waals surface area contributed by atoms with Crippen molar-refractivity contribution in [3.8, 4) is 0 Å². The Kier molecular flexibility index (Phi) is 30.7. The fraction of sp³-hybridized carbons (Fsp3) is 0.881. The lowest BCUT2D eigenvalue weighted by Gasteiger charge is -2.40. The van der Waals surface area contributed by atoms with E-state index in [0.29, 0.717) is 19.3 Å². The molecular formula is C42H79NO10. The molecular weight excluding hydrogens is 678 g/mol. The number of hydrogen-bond acceptors (Lipinski definition) is 10. The van der Waals surface area contributed by atoms with Crippen molar-refractivity contribution in [2.75, 3.05) is 13.2 Å². The zero-order valence-corrected chi connectivity index (χ0v) is 33.2. The van der Waals surface area contributed by atoms with E-state index in [-0.39, 0.29) is 12.8 Å². The van der Waals surface area contributed by atoms with Gasteiger partial charge in [-0.15, -0.1) is 0 Å². The number of allylic oxidation sites excluding steroid dienone is 4. The summed E-state index contributed by atoms with van der Waals surface area (Å²) in [5.74, 6) is -0.713. The molecule has 53 heavy (non-hydrogen) atoms. The molecule has 0 bridgehead atoms. The molecule has 1 aliphatic heterocycles. The largest absolute Gasteiger partial charge is 0.394 e. The molecule has 0 radical (unpaired) electrons. The molecule has 11 heteroatoms. The highest BCUT2D eigenvalue weighted by Crippen LogP contribution is 2.23. The van der Waals surface area contributed by atoms with Crippen molar-refractivity contribution in [3.63, 3.8) is 0 Å². The van der Waals surface area contributed by atoms with Gasteiger partial charge in [-0.05, 0) is 51.4 Å². The maximum atomic E-state index is 13.0. The number of ether oxygens (including phenoxy) is 2. The van der Waals surface area contributed by atoms with E-state index in [2.05, 4.69) is 43.5 Å². The highest BCUT2D eigenvalue weighted by atomic mass is 16.7. The molecule has 1 heterocycles. The Labute approximate surface area is 321 Å². The van der Waals surface area contributed by atoms with E-state index in [1.165, 1.54) is 83.5 Å². The van der Waals surface area contributed by atoms with E-state index < -0.39 is 74.2 Å². The summed E-state index contributed by atoms with van der Waals surface area (Å²) in [7, 11) is 0. The van der Waals surface area contributed by atoms with Crippen LogP contribution in [-0.4, -0.2) is 110 Å². The SMILES string of the molecule is CCCCCCCC/C=C/CC/C=C/CCCC(O)C(O)C(COC1OC(CO)C(O)C(O)C1O)NC(=O)C(O)CCCCCCCCCCCCC. The highest BCUT2D eigenvalue weighted by Gasteiger charge is 2.44. The minimum atomic E-state index is -1.67. The summed E-state index contributed by atoms with van der Waals surface area (Å²) < 4.78 is 11.0. The van der Waals surface area contributed by atoms with Gasteiger partial charge >= 0.3 is 0 Å². The smallest absolute Gasteiger partial charge is 0.249 e. The van der Waals surface area contributed by atoms with Crippen LogP contribution in [0.2, 0.25) is 0 Å². The lowest BCUT2D eigenvalue weighted by molar-refractivity contribution is -0.303. The Morgan fingerprint density at radius 2 is 1.13 bits per heavy atom. The third kappa shape index (κ3) is 23.3. The predicted molar refractivity (Wildman–Crippen MR) is 210 cm³/mol. The molecule has 1 saturated heterocycles. The molecule has 1 amide bonds. The Balaban J connectivity index is 2.56. The molecule has 1 fully saturated rings. The lowest BCUT2D eigenvalue weighted by atomic mass is 9.98. The van der Waals surface area contributed by atoms with Crippen LogP contribution in [0.5, 0.6) is 0 Å². The molecule has 11 nitrogen and oxygen atoms in total. The van der Waals surface area contributed by atoms with E-state index in [1.54, 1.807) is 0 Å². The van der Waals surface area contributed by atoms with Gasteiger partial charge in [0.05, 0.1) is 25.4 Å². The van der Waals surface area contributed by atoms with E-state index >= 15 is 0 Å². The number of unbranched alkanes of at least 4 members (excludes halogenated alkanes) is 18. The van der Waals surface area contributed by atoms with Gasteiger partial charge in [0.25, 0.3) is 0 Å². The summed E-state index contributed by atoms with van der Waals surface area (Å²) in [6.45, 7) is 3.37. The van der Waals surface area contributed by atoms with E-state index in [1.807, 2.05) is 0 Å².